The molecule has 1 aliphatic carbocycles. The van der Waals surface area contributed by atoms with Gasteiger partial charge in [0.15, 0.2) is 0 Å². The highest BCUT2D eigenvalue weighted by molar-refractivity contribution is 7.99. The molecule has 5 aliphatic heterocycles. The summed E-state index contributed by atoms with van der Waals surface area (Å²) in [5, 5.41) is 20.5. The number of unbranched alkanes of at least 4 members (excludes halogenated alkanes) is 3. The van der Waals surface area contributed by atoms with Crippen molar-refractivity contribution in [3.05, 3.63) is 159 Å². The maximum atomic E-state index is 14.5. The second kappa shape index (κ2) is 38.1. The van der Waals surface area contributed by atoms with E-state index in [1.807, 2.05) is 111 Å². The summed E-state index contributed by atoms with van der Waals surface area (Å²) < 4.78 is 112. The molecule has 23 nitrogen and oxygen atoms in total. The van der Waals surface area contributed by atoms with Crippen molar-refractivity contribution in [1.29, 1.82) is 0 Å². The maximum Gasteiger partial charge on any atom is 0.501 e. The number of hydrogen-bond acceptors (Lipinski definition) is 20. The highest BCUT2D eigenvalue weighted by Gasteiger charge is 2.49. The van der Waals surface area contributed by atoms with Crippen molar-refractivity contribution in [2.45, 2.75) is 175 Å². The van der Waals surface area contributed by atoms with Crippen LogP contribution in [0.2, 0.25) is 5.02 Å². The Labute approximate surface area is 686 Å². The van der Waals surface area contributed by atoms with Crippen molar-refractivity contribution in [1.82, 2.24) is 44.8 Å². The number of nitrogens with zero attached hydrogens (tertiary/aromatic N) is 7. The Morgan fingerprint density at radius 1 is 0.800 bits per heavy atom. The van der Waals surface area contributed by atoms with Crippen molar-refractivity contribution >= 4 is 101 Å². The number of allylic oxidation sites excluding steroid dienone is 1. The number of morpholine rings is 1. The van der Waals surface area contributed by atoms with E-state index in [1.54, 1.807) is 29.0 Å². The Morgan fingerprint density at radius 3 is 2.20 bits per heavy atom. The Morgan fingerprint density at radius 2 is 1.50 bits per heavy atom. The van der Waals surface area contributed by atoms with Crippen LogP contribution in [-0.2, 0) is 55.1 Å². The largest absolute Gasteiger partial charge is 0.501 e. The molecule has 4 saturated heterocycles. The molecule has 5 amide bonds. The predicted molar refractivity (Wildman–Crippen MR) is 442 cm³/mol. The third kappa shape index (κ3) is 22.3. The molecule has 7 atom stereocenters. The van der Waals surface area contributed by atoms with Gasteiger partial charge in [-0.2, -0.15) is 13.2 Å². The fraction of sp³-hybridized carbons (Fsp3) is 0.524. The van der Waals surface area contributed by atoms with Gasteiger partial charge in [0.1, 0.15) is 17.1 Å². The van der Waals surface area contributed by atoms with Gasteiger partial charge in [0, 0.05) is 143 Å². The van der Waals surface area contributed by atoms with Crippen LogP contribution in [0.25, 0.3) is 16.0 Å². The minimum absolute atomic E-state index is 0.0255. The van der Waals surface area contributed by atoms with E-state index in [2.05, 4.69) is 59.6 Å². The molecule has 0 spiro atoms. The number of carbonyl (C=O) groups excluding carboxylic acids is 5. The van der Waals surface area contributed by atoms with E-state index in [4.69, 9.17) is 21.1 Å². The molecule has 0 radical (unpaired) electrons. The summed E-state index contributed by atoms with van der Waals surface area (Å²) in [6.07, 6.45) is 5.10. The number of anilines is 2. The molecule has 6 aliphatic rings. The van der Waals surface area contributed by atoms with Crippen LogP contribution in [0.3, 0.4) is 0 Å². The van der Waals surface area contributed by atoms with Crippen molar-refractivity contribution in [2.75, 3.05) is 121 Å². The molecule has 0 bridgehead atoms. The number of benzene rings is 5. The number of fused-ring (bicyclic) bond motifs is 3. The number of β-amino-alcohol motifs (C(OH)–C–C–N with tert-alkyl or cyclic N) is 1. The van der Waals surface area contributed by atoms with E-state index in [0.29, 0.717) is 120 Å². The average molecular weight is 1680 g/mol. The van der Waals surface area contributed by atoms with E-state index < -0.39 is 82.4 Å². The second-order valence-electron chi connectivity index (χ2n) is 32.7. The van der Waals surface area contributed by atoms with Crippen LogP contribution in [0.4, 0.5) is 24.5 Å². The highest BCUT2D eigenvalue weighted by Crippen LogP contribution is 2.45. The highest BCUT2D eigenvalue weighted by atomic mass is 35.5. The number of amides is 5. The van der Waals surface area contributed by atoms with Gasteiger partial charge in [0.25, 0.3) is 25.8 Å². The lowest BCUT2D eigenvalue weighted by Crippen LogP contribution is -2.58. The van der Waals surface area contributed by atoms with Gasteiger partial charge in [-0.05, 0) is 146 Å². The first-order valence-electron chi connectivity index (χ1n) is 39.8. The number of nitrogens with one attached hydrogen (secondary N) is 4. The number of sulfone groups is 1. The first-order valence-corrected chi connectivity index (χ1v) is 45.0. The number of piperazine rings is 2. The normalized spacial score (nSPS) is 21.0. The summed E-state index contributed by atoms with van der Waals surface area (Å²) in [5.74, 6) is -2.05. The summed E-state index contributed by atoms with van der Waals surface area (Å²) in [6, 6.07) is 30.8. The summed E-state index contributed by atoms with van der Waals surface area (Å²) in [4.78, 5) is 86.2. The Bertz CT molecular complexity index is 4680. The predicted octanol–water partition coefficient (Wildman–Crippen LogP) is 12.0. The van der Waals surface area contributed by atoms with Crippen LogP contribution in [0.5, 0.6) is 0 Å². The lowest BCUT2D eigenvalue weighted by atomic mass is 9.71. The lowest BCUT2D eigenvalue weighted by Gasteiger charge is -2.45. The van der Waals surface area contributed by atoms with Crippen molar-refractivity contribution in [2.24, 2.45) is 10.8 Å². The van der Waals surface area contributed by atoms with Crippen LogP contribution < -0.4 is 25.6 Å². The van der Waals surface area contributed by atoms with Gasteiger partial charge < -0.3 is 45.2 Å². The molecular formula is C84H107ClF3N11O12S4. The molecule has 6 heterocycles. The molecule has 5 N–H and O–H groups in total. The number of halogens is 4. The van der Waals surface area contributed by atoms with Gasteiger partial charge in [0.2, 0.25) is 23.6 Å². The number of likely N-dealkylation sites (tertiary alicyclic amines) is 1. The van der Waals surface area contributed by atoms with Gasteiger partial charge in [-0.15, -0.1) is 23.1 Å². The minimum Gasteiger partial charge on any atom is -0.391 e. The van der Waals surface area contributed by atoms with Crippen molar-refractivity contribution < 1.29 is 68.6 Å². The van der Waals surface area contributed by atoms with E-state index in [9.17, 15) is 59.1 Å². The van der Waals surface area contributed by atoms with Crippen LogP contribution >= 0.6 is 34.7 Å². The minimum atomic E-state index is -6.13. The van der Waals surface area contributed by atoms with Crippen molar-refractivity contribution in [3.63, 3.8) is 0 Å². The maximum absolute atomic E-state index is 14.5. The first-order chi connectivity index (χ1) is 54.8. The number of thioether (sulfide) groups is 1. The fourth-order valence-electron chi connectivity index (χ4n) is 16.4. The zero-order valence-corrected chi connectivity index (χ0v) is 70.3. The monoisotopic (exact) mass is 1680 g/mol. The topological polar surface area (TPSA) is 273 Å². The van der Waals surface area contributed by atoms with Gasteiger partial charge >= 0.3 is 5.51 Å². The average Bonchev–Trinajstić information content (AvgIpc) is 1.68. The Balaban J connectivity index is 0.602. The molecule has 31 heteroatoms. The number of rotatable bonds is 30. The molecule has 4 fully saturated rings. The van der Waals surface area contributed by atoms with E-state index >= 15 is 0 Å². The van der Waals surface area contributed by atoms with Crippen molar-refractivity contribution in [3.8, 4) is 10.4 Å². The number of aliphatic hydroxyl groups is 1. The smallest absolute Gasteiger partial charge is 0.391 e. The number of aromatic nitrogens is 1. The van der Waals surface area contributed by atoms with Crippen LogP contribution in [0, 0.1) is 17.8 Å². The Hall–Kier alpha value is -7.49. The lowest BCUT2D eigenvalue weighted by molar-refractivity contribution is -0.141. The number of ether oxygens (including phenoxy) is 2. The number of thiazole rings is 1. The summed E-state index contributed by atoms with van der Waals surface area (Å²) in [6.45, 7) is 21.5. The third-order valence-electron chi connectivity index (χ3n) is 23.0. The number of aliphatic hydroxyl groups excluding tert-OH is 1. The standard InChI is InChI=1S/C84H107ClF3N11O12S4/c1-56(58-18-20-60(21-19-58)77-57(2)89-55-113-77)79(103)91-74-45-67(100)50-99(74)81(105)78(82(3,4)5)92-75(101)16-12-7-8-13-17-76(102)97-37-34-95(35-38-97)54-83(6)32-30-70(59-22-25-64(85)26-23-59)63(47-83)48-96-36-39-98-66(49-96)52-111-51-62-44-61(24-29-72(62)98)80(104)93-115(108,109)69-27-28-71(73(46-69)114(106,107)84(86,87)88)90-65(31-33-94-40-42-110-43-41-94)53-112-68-14-10-9-11-15-68/h9-11,14-15,18-29,44,46,55-56,65-67,74,78,90,100H,7-8,12-13,16-17,30-43,45,47-54H2,1-6H3,(H,91,103)(H,92,101)(H,93,104)/t56-,65+,66-,67+,74-,78+,83+/m0/s1. The van der Waals surface area contributed by atoms with Gasteiger partial charge in [-0.3, -0.25) is 38.7 Å². The van der Waals surface area contributed by atoms with Crippen LogP contribution in [0.15, 0.2) is 141 Å². The molecule has 6 aromatic rings. The molecule has 0 unspecified atom stereocenters. The first kappa shape index (κ1) is 86.8. The molecule has 0 saturated carbocycles. The number of aryl methyl sites for hydroxylation is 1. The van der Waals surface area contributed by atoms with Gasteiger partial charge in [-0.1, -0.05) is 112 Å². The molecule has 622 valence electrons. The summed E-state index contributed by atoms with van der Waals surface area (Å²) >= 11 is 9.43. The fourth-order valence-corrected chi connectivity index (χ4v) is 20.4. The summed E-state index contributed by atoms with van der Waals surface area (Å²) in [7, 11) is -11.1. The zero-order valence-electron chi connectivity index (χ0n) is 66.2. The molecular weight excluding hydrogens is 1580 g/mol. The molecule has 1 aromatic heterocycles. The SMILES string of the molecule is Cc1ncsc1-c1ccc([C@H](C)C(=O)N[C@@H]2C[C@@H](O)CN2C(=O)[C@@H](NC(=O)CCCCCCC(=O)N2CCN(C[C@]3(C)CCC(c4ccc(Cl)cc4)=C(CN4CCN5c6ccc(C(=O)NS(=O)(=O)c7ccc(N[C@H](CCN8CCOCC8)CSc8ccccc8)c(S(=O)(=O)C(F)(F)F)c7)cc6COC[C@@H]5C4)C3)CC2)C(C)(C)C)cc1. The quantitative estimate of drug-likeness (QED) is 0.0207. The number of carbonyl (C=O) groups is 5. The van der Waals surface area contributed by atoms with Crippen LogP contribution in [-0.4, -0.2) is 228 Å². The van der Waals surface area contributed by atoms with E-state index in [-0.39, 0.29) is 66.6 Å². The number of alkyl halides is 3. The number of sulfonamides is 1. The van der Waals surface area contributed by atoms with E-state index in [1.165, 1.54) is 33.9 Å². The van der Waals surface area contributed by atoms with Crippen LogP contribution in [0.1, 0.15) is 144 Å². The Kier molecular flexibility index (Phi) is 28.7. The van der Waals surface area contributed by atoms with E-state index in [0.717, 1.165) is 108 Å². The molecule has 5 aromatic carbocycles. The zero-order chi connectivity index (χ0) is 82.0. The van der Waals surface area contributed by atoms with Gasteiger partial charge in [0.05, 0.1) is 71.2 Å². The summed E-state index contributed by atoms with van der Waals surface area (Å²) in [5.41, 5.74) is 2.82. The number of hydrogen-bond donors (Lipinski definition) is 5. The second-order valence-corrected chi connectivity index (χ2v) is 38.7. The molecule has 12 rings (SSSR count). The molecule has 115 heavy (non-hydrogen) atoms. The van der Waals surface area contributed by atoms with Gasteiger partial charge in [-0.25, -0.2) is 26.5 Å². The third-order valence-corrected chi connectivity index (χ3v) is 28.2.